The van der Waals surface area contributed by atoms with E-state index in [0.29, 0.717) is 5.92 Å². The van der Waals surface area contributed by atoms with Gasteiger partial charge in [-0.2, -0.15) is 0 Å². The summed E-state index contributed by atoms with van der Waals surface area (Å²) in [5.74, 6) is 4.07. The Kier molecular flexibility index (Phi) is 6.80. The molecule has 26 heavy (non-hydrogen) atoms. The van der Waals surface area contributed by atoms with Crippen molar-refractivity contribution < 1.29 is 5.11 Å². The lowest BCUT2D eigenvalue weighted by Crippen LogP contribution is -2.38. The first kappa shape index (κ1) is 23.9. The molecular weight excluding hydrogens is 364 g/mol. The van der Waals surface area contributed by atoms with Crippen LogP contribution in [0.5, 0.6) is 0 Å². The third-order valence-electron chi connectivity index (χ3n) is 5.05. The molecule has 0 aromatic heterocycles. The molecule has 1 aliphatic rings. The Morgan fingerprint density at radius 3 is 1.92 bits per heavy atom. The molecule has 0 aromatic rings. The fourth-order valence-electron chi connectivity index (χ4n) is 4.57. The molecule has 0 fully saturated rings. The van der Waals surface area contributed by atoms with Crippen molar-refractivity contribution in [3.8, 4) is 11.5 Å². The largest absolute Gasteiger partial charge is 0.385 e. The molecule has 0 heterocycles. The van der Waals surface area contributed by atoms with Crippen molar-refractivity contribution in [3.63, 3.8) is 0 Å². The summed E-state index contributed by atoms with van der Waals surface area (Å²) in [6.45, 7) is 28.3. The summed E-state index contributed by atoms with van der Waals surface area (Å²) in [7, 11) is -4.16. The zero-order valence-corrected chi connectivity index (χ0v) is 22.6. The Morgan fingerprint density at radius 2 is 1.54 bits per heavy atom. The summed E-state index contributed by atoms with van der Waals surface area (Å²) >= 11 is 0. The molecule has 0 aromatic carbocycles. The Morgan fingerprint density at radius 1 is 1.04 bits per heavy atom. The van der Waals surface area contributed by atoms with Crippen LogP contribution in [0.4, 0.5) is 0 Å². The minimum atomic E-state index is -1.45. The summed E-state index contributed by atoms with van der Waals surface area (Å²) in [5, 5.41) is 13.6. The summed E-state index contributed by atoms with van der Waals surface area (Å²) < 4.78 is 0. The molecule has 1 aliphatic carbocycles. The fourth-order valence-corrected chi connectivity index (χ4v) is 9.85. The number of aliphatic hydroxyl groups is 1. The van der Waals surface area contributed by atoms with Gasteiger partial charge in [0.1, 0.15) is 8.07 Å². The van der Waals surface area contributed by atoms with Gasteiger partial charge in [-0.05, 0) is 44.2 Å². The average molecular weight is 409 g/mol. The molecule has 2 atom stereocenters. The summed E-state index contributed by atoms with van der Waals surface area (Å²) in [6, 6.07) is 1.13. The zero-order valence-electron chi connectivity index (χ0n) is 19.6. The Hall–Kier alpha value is -0.0894. The molecule has 0 aliphatic heterocycles. The van der Waals surface area contributed by atoms with Crippen molar-refractivity contribution in [1.82, 2.24) is 0 Å². The fraction of sp³-hybridized carbons (Fsp3) is 0.818. The van der Waals surface area contributed by atoms with Crippen LogP contribution >= 0.6 is 0 Å². The lowest BCUT2D eigenvalue weighted by molar-refractivity contribution is 0.0389. The summed E-state index contributed by atoms with van der Waals surface area (Å²) in [5.41, 5.74) is 4.17. The monoisotopic (exact) mass is 408 g/mol. The predicted molar refractivity (Wildman–Crippen MR) is 127 cm³/mol. The number of rotatable bonds is 5. The number of hydrogen-bond acceptors (Lipinski definition) is 1. The molecule has 0 bridgehead atoms. The second-order valence-electron chi connectivity index (χ2n) is 12.6. The second-order valence-corrected chi connectivity index (χ2v) is 27.8. The molecule has 1 rings (SSSR count). The minimum absolute atomic E-state index is 0.145. The normalized spacial score (nSPS) is 25.3. The molecule has 150 valence electrons. The van der Waals surface area contributed by atoms with Gasteiger partial charge >= 0.3 is 0 Å². The van der Waals surface area contributed by atoms with Crippen LogP contribution in [-0.4, -0.2) is 34.9 Å². The van der Waals surface area contributed by atoms with E-state index in [1.807, 2.05) is 0 Å². The highest BCUT2D eigenvalue weighted by atomic mass is 28.3. The highest BCUT2D eigenvalue weighted by Crippen LogP contribution is 2.51. The lowest BCUT2D eigenvalue weighted by Gasteiger charge is -2.36. The Bertz CT molecular complexity index is 615. The van der Waals surface area contributed by atoms with Gasteiger partial charge in [0, 0.05) is 13.5 Å². The Labute approximate surface area is 167 Å². The van der Waals surface area contributed by atoms with Gasteiger partial charge in [0.15, 0.2) is 0 Å². The van der Waals surface area contributed by atoms with E-state index in [0.717, 1.165) is 18.9 Å². The van der Waals surface area contributed by atoms with Crippen molar-refractivity contribution in [2.45, 2.75) is 104 Å². The molecule has 1 nitrogen and oxygen atoms in total. The zero-order chi connectivity index (χ0) is 20.8. The van der Waals surface area contributed by atoms with Crippen LogP contribution in [0.25, 0.3) is 0 Å². The maximum atomic E-state index is 11.9. The maximum absolute atomic E-state index is 11.9. The maximum Gasteiger partial charge on any atom is 0.129 e. The highest BCUT2D eigenvalue weighted by molar-refractivity contribution is 6.84. The second kappa shape index (κ2) is 7.39. The van der Waals surface area contributed by atoms with Crippen LogP contribution in [-0.2, 0) is 0 Å². The Balaban J connectivity index is 3.38. The van der Waals surface area contributed by atoms with Crippen LogP contribution in [0, 0.1) is 22.8 Å². The minimum Gasteiger partial charge on any atom is -0.385 e. The first-order valence-corrected chi connectivity index (χ1v) is 21.0. The molecule has 4 heteroatoms. The van der Waals surface area contributed by atoms with E-state index in [4.69, 9.17) is 0 Å². The van der Waals surface area contributed by atoms with Gasteiger partial charge in [0.05, 0.1) is 13.7 Å². The smallest absolute Gasteiger partial charge is 0.129 e. The lowest BCUT2D eigenvalue weighted by atomic mass is 9.77. The molecule has 1 N–H and O–H groups in total. The van der Waals surface area contributed by atoms with E-state index in [-0.39, 0.29) is 5.41 Å². The van der Waals surface area contributed by atoms with Crippen molar-refractivity contribution in [2.24, 2.45) is 11.3 Å². The van der Waals surface area contributed by atoms with E-state index in [1.54, 1.807) is 5.20 Å². The van der Waals surface area contributed by atoms with Gasteiger partial charge in [-0.25, -0.2) is 0 Å². The summed E-state index contributed by atoms with van der Waals surface area (Å²) in [4.78, 5) is 0. The van der Waals surface area contributed by atoms with E-state index >= 15 is 0 Å². The van der Waals surface area contributed by atoms with Crippen LogP contribution in [0.1, 0.15) is 33.6 Å². The van der Waals surface area contributed by atoms with E-state index in [2.05, 4.69) is 91.2 Å². The van der Waals surface area contributed by atoms with Crippen LogP contribution in [0.2, 0.25) is 65.0 Å². The predicted octanol–water partition coefficient (Wildman–Crippen LogP) is 6.57. The van der Waals surface area contributed by atoms with Gasteiger partial charge in [0.25, 0.3) is 0 Å². The first-order valence-electron chi connectivity index (χ1n) is 10.3. The third kappa shape index (κ3) is 6.82. The van der Waals surface area contributed by atoms with Crippen molar-refractivity contribution >= 4 is 24.2 Å². The van der Waals surface area contributed by atoms with Crippen molar-refractivity contribution in [3.05, 3.63) is 10.8 Å². The molecule has 0 saturated heterocycles. The molecule has 0 spiro atoms. The standard InChI is InChI=1S/C22H44OSi3/c1-18-15-22(23,17-21(2,3)13-14-24(4,5)6)19(16-25(7,8)9)20(18)26(10,11)12/h18,23H,15-17H2,1-12H3/t18-,22-/m1/s1. The van der Waals surface area contributed by atoms with Crippen LogP contribution in [0.3, 0.4) is 0 Å². The van der Waals surface area contributed by atoms with Crippen LogP contribution < -0.4 is 0 Å². The number of hydrogen-bond donors (Lipinski definition) is 1. The molecule has 0 amide bonds. The molecule has 0 radical (unpaired) electrons. The van der Waals surface area contributed by atoms with Gasteiger partial charge < -0.3 is 5.11 Å². The quantitative estimate of drug-likeness (QED) is 0.403. The van der Waals surface area contributed by atoms with Crippen molar-refractivity contribution in [2.75, 3.05) is 0 Å². The van der Waals surface area contributed by atoms with Gasteiger partial charge in [-0.3, -0.25) is 0 Å². The van der Waals surface area contributed by atoms with E-state index < -0.39 is 29.8 Å². The van der Waals surface area contributed by atoms with E-state index in [9.17, 15) is 5.11 Å². The number of allylic oxidation sites excluding steroid dienone is 1. The average Bonchev–Trinajstić information content (AvgIpc) is 2.53. The van der Waals surface area contributed by atoms with Gasteiger partial charge in [-0.1, -0.05) is 71.0 Å². The van der Waals surface area contributed by atoms with Crippen LogP contribution in [0.15, 0.2) is 10.8 Å². The third-order valence-corrected chi connectivity index (χ3v) is 9.75. The first-order chi connectivity index (χ1) is 11.3. The molecular formula is C22H44OSi3. The van der Waals surface area contributed by atoms with Crippen molar-refractivity contribution in [1.29, 1.82) is 0 Å². The SMILES string of the molecule is C[C@@H]1C[C@@](O)(CC(C)(C)C#C[Si](C)(C)C)C(C[Si](C)(C)C)=C1[Si](C)(C)C. The summed E-state index contributed by atoms with van der Waals surface area (Å²) in [6.07, 6.45) is 1.67. The van der Waals surface area contributed by atoms with E-state index in [1.165, 1.54) is 5.57 Å². The molecule has 0 saturated carbocycles. The topological polar surface area (TPSA) is 20.2 Å². The van der Waals surface area contributed by atoms with Gasteiger partial charge in [-0.15, -0.1) is 11.5 Å². The molecule has 0 unspecified atom stereocenters. The highest BCUT2D eigenvalue weighted by Gasteiger charge is 2.48. The van der Waals surface area contributed by atoms with Gasteiger partial charge in [0.2, 0.25) is 0 Å².